The summed E-state index contributed by atoms with van der Waals surface area (Å²) in [5, 5.41) is 8.97. The van der Waals surface area contributed by atoms with E-state index in [4.69, 9.17) is 5.11 Å². The molecule has 0 atom stereocenters. The molecule has 16 heavy (non-hydrogen) atoms. The van der Waals surface area contributed by atoms with Crippen LogP contribution in [0.2, 0.25) is 0 Å². The Bertz CT molecular complexity index is 625. The minimum atomic E-state index is -0.0510. The number of aromatic nitrogens is 4. The highest BCUT2D eigenvalue weighted by Crippen LogP contribution is 2.14. The van der Waals surface area contributed by atoms with Crippen molar-refractivity contribution in [2.24, 2.45) is 0 Å². The van der Waals surface area contributed by atoms with Crippen LogP contribution in [0.1, 0.15) is 5.69 Å². The van der Waals surface area contributed by atoms with Gasteiger partial charge < -0.3 is 14.1 Å². The van der Waals surface area contributed by atoms with E-state index in [-0.39, 0.29) is 6.61 Å². The predicted octanol–water partition coefficient (Wildman–Crippen LogP) is 1.01. The van der Waals surface area contributed by atoms with E-state index in [2.05, 4.69) is 9.97 Å². The molecule has 3 rings (SSSR count). The Hall–Kier alpha value is -2.14. The topological polar surface area (TPSA) is 55.4 Å². The lowest BCUT2D eigenvalue weighted by atomic mass is 10.4. The van der Waals surface area contributed by atoms with Crippen LogP contribution < -0.4 is 0 Å². The van der Waals surface area contributed by atoms with Gasteiger partial charge in [-0.2, -0.15) is 0 Å². The first-order chi connectivity index (χ1) is 7.88. The van der Waals surface area contributed by atoms with E-state index in [1.54, 1.807) is 18.7 Å². The third-order valence-electron chi connectivity index (χ3n) is 2.47. The number of hydrogen-bond acceptors (Lipinski definition) is 3. The van der Waals surface area contributed by atoms with Crippen molar-refractivity contribution in [3.8, 4) is 5.69 Å². The minimum absolute atomic E-state index is 0.0510. The van der Waals surface area contributed by atoms with E-state index in [1.807, 2.05) is 33.5 Å². The Morgan fingerprint density at radius 1 is 1.25 bits per heavy atom. The molecule has 0 aliphatic rings. The van der Waals surface area contributed by atoms with Crippen molar-refractivity contribution < 1.29 is 5.11 Å². The van der Waals surface area contributed by atoms with Gasteiger partial charge in [-0.05, 0) is 12.1 Å². The Morgan fingerprint density at radius 2 is 2.19 bits per heavy atom. The molecule has 80 valence electrons. The van der Waals surface area contributed by atoms with Gasteiger partial charge in [0, 0.05) is 24.8 Å². The van der Waals surface area contributed by atoms with Crippen molar-refractivity contribution in [2.75, 3.05) is 0 Å². The Morgan fingerprint density at radius 3 is 3.00 bits per heavy atom. The number of pyridine rings is 1. The molecule has 0 aliphatic heterocycles. The van der Waals surface area contributed by atoms with Crippen molar-refractivity contribution in [1.82, 2.24) is 18.9 Å². The van der Waals surface area contributed by atoms with Gasteiger partial charge in [-0.25, -0.2) is 9.97 Å². The summed E-state index contributed by atoms with van der Waals surface area (Å²) in [5.41, 5.74) is 2.46. The van der Waals surface area contributed by atoms with Crippen molar-refractivity contribution in [3.05, 3.63) is 48.9 Å². The molecule has 0 fully saturated rings. The van der Waals surface area contributed by atoms with Crippen molar-refractivity contribution in [3.63, 3.8) is 0 Å². The third-order valence-corrected chi connectivity index (χ3v) is 2.47. The third kappa shape index (κ3) is 1.30. The molecular weight excluding hydrogens is 204 g/mol. The van der Waals surface area contributed by atoms with E-state index in [9.17, 15) is 0 Å². The molecule has 0 spiro atoms. The van der Waals surface area contributed by atoms with Gasteiger partial charge >= 0.3 is 0 Å². The maximum atomic E-state index is 8.97. The average molecular weight is 214 g/mol. The molecule has 0 aliphatic carbocycles. The van der Waals surface area contributed by atoms with E-state index in [0.29, 0.717) is 5.69 Å². The zero-order valence-corrected chi connectivity index (χ0v) is 8.48. The standard InChI is InChI=1S/C11H10N4O/c16-7-9-6-15(8-13-9)10-2-1-4-14-5-3-12-11(10)14/h1-6,8,16H,7H2. The maximum absolute atomic E-state index is 8.97. The summed E-state index contributed by atoms with van der Waals surface area (Å²) >= 11 is 0. The van der Waals surface area contributed by atoms with Crippen LogP contribution in [0.15, 0.2) is 43.2 Å². The average Bonchev–Trinajstić information content (AvgIpc) is 2.97. The fraction of sp³-hybridized carbons (Fsp3) is 0.0909. The summed E-state index contributed by atoms with van der Waals surface area (Å²) in [6.45, 7) is -0.0510. The van der Waals surface area contributed by atoms with Gasteiger partial charge in [-0.3, -0.25) is 0 Å². The first-order valence-electron chi connectivity index (χ1n) is 4.94. The Kier molecular flexibility index (Phi) is 1.97. The lowest BCUT2D eigenvalue weighted by Gasteiger charge is -2.03. The summed E-state index contributed by atoms with van der Waals surface area (Å²) in [6.07, 6.45) is 9.06. The number of aliphatic hydroxyl groups is 1. The van der Waals surface area contributed by atoms with Gasteiger partial charge in [-0.1, -0.05) is 0 Å². The molecule has 0 amide bonds. The van der Waals surface area contributed by atoms with Gasteiger partial charge in [-0.15, -0.1) is 0 Å². The normalized spacial score (nSPS) is 11.1. The number of nitrogens with zero attached hydrogens (tertiary/aromatic N) is 4. The number of hydrogen-bond donors (Lipinski definition) is 1. The maximum Gasteiger partial charge on any atom is 0.161 e. The summed E-state index contributed by atoms with van der Waals surface area (Å²) in [5.74, 6) is 0. The van der Waals surface area contributed by atoms with E-state index >= 15 is 0 Å². The van der Waals surface area contributed by atoms with E-state index < -0.39 is 0 Å². The Labute approximate surface area is 91.6 Å². The van der Waals surface area contributed by atoms with Gasteiger partial charge in [0.05, 0.1) is 24.3 Å². The highest BCUT2D eigenvalue weighted by molar-refractivity contribution is 5.58. The minimum Gasteiger partial charge on any atom is -0.390 e. The van der Waals surface area contributed by atoms with Crippen LogP contribution in [0, 0.1) is 0 Å². The second kappa shape index (κ2) is 3.46. The molecule has 0 bridgehead atoms. The smallest absolute Gasteiger partial charge is 0.161 e. The fourth-order valence-electron chi connectivity index (χ4n) is 1.71. The molecule has 0 saturated carbocycles. The van der Waals surface area contributed by atoms with Gasteiger partial charge in [0.1, 0.15) is 0 Å². The van der Waals surface area contributed by atoms with Crippen molar-refractivity contribution >= 4 is 5.65 Å². The zero-order valence-electron chi connectivity index (χ0n) is 8.48. The largest absolute Gasteiger partial charge is 0.390 e. The first kappa shape index (κ1) is 9.11. The molecule has 3 aromatic rings. The highest BCUT2D eigenvalue weighted by atomic mass is 16.3. The van der Waals surface area contributed by atoms with Crippen molar-refractivity contribution in [2.45, 2.75) is 6.61 Å². The molecule has 3 aromatic heterocycles. The molecule has 3 heterocycles. The summed E-state index contributed by atoms with van der Waals surface area (Å²) in [7, 11) is 0. The van der Waals surface area contributed by atoms with E-state index in [0.717, 1.165) is 11.3 Å². The molecule has 0 saturated heterocycles. The molecule has 5 heteroatoms. The van der Waals surface area contributed by atoms with Crippen LogP contribution in [0.4, 0.5) is 0 Å². The Balaban J connectivity index is 2.21. The molecular formula is C11H10N4O. The second-order valence-corrected chi connectivity index (χ2v) is 3.48. The van der Waals surface area contributed by atoms with Gasteiger partial charge in [0.25, 0.3) is 0 Å². The molecule has 5 nitrogen and oxygen atoms in total. The predicted molar refractivity (Wildman–Crippen MR) is 58.2 cm³/mol. The summed E-state index contributed by atoms with van der Waals surface area (Å²) in [4.78, 5) is 8.36. The molecule has 1 N–H and O–H groups in total. The van der Waals surface area contributed by atoms with Crippen LogP contribution in [0.25, 0.3) is 11.3 Å². The summed E-state index contributed by atoms with van der Waals surface area (Å²) in [6, 6.07) is 3.91. The monoisotopic (exact) mass is 214 g/mol. The lowest BCUT2D eigenvalue weighted by Crippen LogP contribution is -1.95. The van der Waals surface area contributed by atoms with Gasteiger partial charge in [0.15, 0.2) is 5.65 Å². The van der Waals surface area contributed by atoms with E-state index in [1.165, 1.54) is 0 Å². The quantitative estimate of drug-likeness (QED) is 0.692. The number of aliphatic hydroxyl groups excluding tert-OH is 1. The van der Waals surface area contributed by atoms with Crippen LogP contribution in [0.5, 0.6) is 0 Å². The van der Waals surface area contributed by atoms with Crippen LogP contribution in [0.3, 0.4) is 0 Å². The first-order valence-corrected chi connectivity index (χ1v) is 4.94. The number of fused-ring (bicyclic) bond motifs is 1. The number of imidazole rings is 2. The zero-order chi connectivity index (χ0) is 11.0. The fourth-order valence-corrected chi connectivity index (χ4v) is 1.71. The van der Waals surface area contributed by atoms with Crippen LogP contribution in [-0.2, 0) is 6.61 Å². The SMILES string of the molecule is OCc1cn(-c2cccn3ccnc23)cn1. The molecule has 0 radical (unpaired) electrons. The second-order valence-electron chi connectivity index (χ2n) is 3.48. The van der Waals surface area contributed by atoms with Crippen molar-refractivity contribution in [1.29, 1.82) is 0 Å². The van der Waals surface area contributed by atoms with Crippen LogP contribution >= 0.6 is 0 Å². The van der Waals surface area contributed by atoms with Crippen LogP contribution in [-0.4, -0.2) is 24.0 Å². The summed E-state index contributed by atoms with van der Waals surface area (Å²) < 4.78 is 3.79. The molecule has 0 aromatic carbocycles. The lowest BCUT2D eigenvalue weighted by molar-refractivity contribution is 0.277. The van der Waals surface area contributed by atoms with Gasteiger partial charge in [0.2, 0.25) is 0 Å². The number of rotatable bonds is 2. The molecule has 0 unspecified atom stereocenters. The highest BCUT2D eigenvalue weighted by Gasteiger charge is 2.05.